The number of pyridine rings is 1. The predicted octanol–water partition coefficient (Wildman–Crippen LogP) is 0.994. The molecule has 6 nitrogen and oxygen atoms in total. The van der Waals surface area contributed by atoms with Crippen LogP contribution in [0.2, 0.25) is 0 Å². The Morgan fingerprint density at radius 3 is 2.75 bits per heavy atom. The van der Waals surface area contributed by atoms with E-state index < -0.39 is 0 Å². The van der Waals surface area contributed by atoms with Crippen LogP contribution in [0.25, 0.3) is 0 Å². The summed E-state index contributed by atoms with van der Waals surface area (Å²) < 4.78 is 5.00. The van der Waals surface area contributed by atoms with Crippen molar-refractivity contribution >= 4 is 29.0 Å². The van der Waals surface area contributed by atoms with Gasteiger partial charge in [-0.2, -0.15) is 0 Å². The number of hydrogen-bond acceptors (Lipinski definition) is 5. The van der Waals surface area contributed by atoms with Gasteiger partial charge in [0.1, 0.15) is 4.99 Å². The number of carbonyl (C=O) groups excluding carboxylic acids is 1. The maximum absolute atomic E-state index is 11.6. The fourth-order valence-electron chi connectivity index (χ4n) is 2.19. The highest BCUT2D eigenvalue weighted by Gasteiger charge is 2.23. The molecule has 2 rings (SSSR count). The maximum Gasteiger partial charge on any atom is 0.409 e. The zero-order chi connectivity index (χ0) is 14.5. The Hall–Kier alpha value is -1.89. The van der Waals surface area contributed by atoms with E-state index >= 15 is 0 Å². The van der Waals surface area contributed by atoms with Crippen LogP contribution in [-0.4, -0.2) is 53.8 Å². The fourth-order valence-corrected chi connectivity index (χ4v) is 2.36. The molecule has 0 unspecified atom stereocenters. The second-order valence-electron chi connectivity index (χ2n) is 4.43. The molecule has 20 heavy (non-hydrogen) atoms. The molecule has 1 aromatic heterocycles. The minimum Gasteiger partial charge on any atom is -0.450 e. The molecule has 1 amide bonds. The number of rotatable bonds is 3. The van der Waals surface area contributed by atoms with E-state index in [1.54, 1.807) is 24.2 Å². The molecule has 0 radical (unpaired) electrons. The number of nitrogens with zero attached hydrogens (tertiary/aromatic N) is 3. The Kier molecular flexibility index (Phi) is 4.73. The zero-order valence-electron chi connectivity index (χ0n) is 11.4. The van der Waals surface area contributed by atoms with Gasteiger partial charge >= 0.3 is 6.09 Å². The van der Waals surface area contributed by atoms with Gasteiger partial charge in [-0.15, -0.1) is 0 Å². The van der Waals surface area contributed by atoms with Crippen molar-refractivity contribution in [2.24, 2.45) is 5.73 Å². The second-order valence-corrected chi connectivity index (χ2v) is 4.87. The third-order valence-corrected chi connectivity index (χ3v) is 3.43. The number of piperazine rings is 1. The van der Waals surface area contributed by atoms with Gasteiger partial charge in [0.05, 0.1) is 18.5 Å². The summed E-state index contributed by atoms with van der Waals surface area (Å²) in [6.07, 6.45) is 3.18. The molecular formula is C13H18N4O2S. The summed E-state index contributed by atoms with van der Waals surface area (Å²) in [5.74, 6) is 0. The number of ether oxygens (including phenoxy) is 1. The average molecular weight is 294 g/mol. The van der Waals surface area contributed by atoms with Crippen LogP contribution in [-0.2, 0) is 4.74 Å². The highest BCUT2D eigenvalue weighted by molar-refractivity contribution is 7.80. The van der Waals surface area contributed by atoms with Crippen LogP contribution in [0.3, 0.4) is 0 Å². The number of anilines is 1. The van der Waals surface area contributed by atoms with E-state index in [0.717, 1.165) is 11.3 Å². The lowest BCUT2D eigenvalue weighted by atomic mass is 10.2. The molecule has 0 aromatic carbocycles. The van der Waals surface area contributed by atoms with Crippen LogP contribution in [0.1, 0.15) is 12.5 Å². The van der Waals surface area contributed by atoms with E-state index in [-0.39, 0.29) is 6.09 Å². The summed E-state index contributed by atoms with van der Waals surface area (Å²) in [6.45, 7) is 4.85. The first-order chi connectivity index (χ1) is 9.63. The summed E-state index contributed by atoms with van der Waals surface area (Å²) in [4.78, 5) is 20.0. The Morgan fingerprint density at radius 1 is 1.45 bits per heavy atom. The van der Waals surface area contributed by atoms with Crippen molar-refractivity contribution in [2.45, 2.75) is 6.92 Å². The first-order valence-corrected chi connectivity index (χ1v) is 6.94. The Morgan fingerprint density at radius 2 is 2.15 bits per heavy atom. The van der Waals surface area contributed by atoms with E-state index in [1.165, 1.54) is 0 Å². The lowest BCUT2D eigenvalue weighted by Crippen LogP contribution is -2.49. The lowest BCUT2D eigenvalue weighted by Gasteiger charge is -2.36. The van der Waals surface area contributed by atoms with E-state index in [1.807, 2.05) is 6.07 Å². The molecule has 2 heterocycles. The van der Waals surface area contributed by atoms with Crippen LogP contribution in [0.5, 0.6) is 0 Å². The normalized spacial score (nSPS) is 15.1. The molecule has 108 valence electrons. The zero-order valence-corrected chi connectivity index (χ0v) is 12.2. The molecule has 0 saturated carbocycles. The van der Waals surface area contributed by atoms with Crippen molar-refractivity contribution in [1.29, 1.82) is 0 Å². The van der Waals surface area contributed by atoms with E-state index in [4.69, 9.17) is 22.7 Å². The van der Waals surface area contributed by atoms with Crippen LogP contribution in [0.4, 0.5) is 10.5 Å². The Balaban J connectivity index is 2.04. The number of hydrogen-bond donors (Lipinski definition) is 1. The van der Waals surface area contributed by atoms with Gasteiger partial charge in [-0.3, -0.25) is 4.98 Å². The van der Waals surface area contributed by atoms with Gasteiger partial charge in [-0.05, 0) is 13.0 Å². The Labute approximate surface area is 123 Å². The first-order valence-electron chi connectivity index (χ1n) is 6.54. The Bertz CT molecular complexity index is 501. The predicted molar refractivity (Wildman–Crippen MR) is 80.9 cm³/mol. The minimum absolute atomic E-state index is 0.257. The van der Waals surface area contributed by atoms with E-state index in [2.05, 4.69) is 9.88 Å². The van der Waals surface area contributed by atoms with Crippen LogP contribution < -0.4 is 10.6 Å². The van der Waals surface area contributed by atoms with Crippen molar-refractivity contribution in [3.05, 3.63) is 24.0 Å². The molecule has 0 spiro atoms. The quantitative estimate of drug-likeness (QED) is 0.838. The number of thiocarbonyl (C=S) groups is 1. The molecule has 1 saturated heterocycles. The molecule has 1 aliphatic rings. The minimum atomic E-state index is -0.257. The van der Waals surface area contributed by atoms with Crippen LogP contribution in [0, 0.1) is 0 Å². The second kappa shape index (κ2) is 6.51. The van der Waals surface area contributed by atoms with Crippen molar-refractivity contribution < 1.29 is 9.53 Å². The molecular weight excluding hydrogens is 276 g/mol. The smallest absolute Gasteiger partial charge is 0.409 e. The SMILES string of the molecule is CCOC(=O)N1CCN(c2cnccc2C(N)=S)CC1. The van der Waals surface area contributed by atoms with E-state index in [0.29, 0.717) is 37.8 Å². The average Bonchev–Trinajstić information content (AvgIpc) is 2.47. The molecule has 2 N–H and O–H groups in total. The summed E-state index contributed by atoms with van der Waals surface area (Å²) in [5, 5.41) is 0. The highest BCUT2D eigenvalue weighted by atomic mass is 32.1. The molecule has 1 aliphatic heterocycles. The number of aromatic nitrogens is 1. The largest absolute Gasteiger partial charge is 0.450 e. The molecule has 1 aromatic rings. The van der Waals surface area contributed by atoms with Gasteiger partial charge in [-0.1, -0.05) is 12.2 Å². The summed E-state index contributed by atoms with van der Waals surface area (Å²) in [7, 11) is 0. The maximum atomic E-state index is 11.6. The monoisotopic (exact) mass is 294 g/mol. The van der Waals surface area contributed by atoms with Gasteiger partial charge < -0.3 is 20.3 Å². The summed E-state index contributed by atoms with van der Waals surface area (Å²) in [5.41, 5.74) is 7.47. The highest BCUT2D eigenvalue weighted by Crippen LogP contribution is 2.20. The van der Waals surface area contributed by atoms with Gasteiger partial charge in [0.2, 0.25) is 0 Å². The molecule has 1 fully saturated rings. The van der Waals surface area contributed by atoms with Crippen LogP contribution >= 0.6 is 12.2 Å². The van der Waals surface area contributed by atoms with Crippen molar-refractivity contribution in [3.63, 3.8) is 0 Å². The molecule has 7 heteroatoms. The van der Waals surface area contributed by atoms with Crippen molar-refractivity contribution in [1.82, 2.24) is 9.88 Å². The topological polar surface area (TPSA) is 71.7 Å². The molecule has 0 bridgehead atoms. The van der Waals surface area contributed by atoms with Gasteiger partial charge in [0.15, 0.2) is 0 Å². The van der Waals surface area contributed by atoms with Crippen molar-refractivity contribution in [3.8, 4) is 0 Å². The third kappa shape index (κ3) is 3.16. The number of nitrogens with two attached hydrogens (primary N) is 1. The van der Waals surface area contributed by atoms with Gasteiger partial charge in [0, 0.05) is 37.9 Å². The number of amides is 1. The van der Waals surface area contributed by atoms with Crippen molar-refractivity contribution in [2.75, 3.05) is 37.7 Å². The summed E-state index contributed by atoms with van der Waals surface area (Å²) >= 11 is 5.06. The van der Waals surface area contributed by atoms with Gasteiger partial charge in [0.25, 0.3) is 0 Å². The third-order valence-electron chi connectivity index (χ3n) is 3.21. The fraction of sp³-hybridized carbons (Fsp3) is 0.462. The standard InChI is InChI=1S/C13H18N4O2S/c1-2-19-13(18)17-7-5-16(6-8-17)11-9-15-4-3-10(11)12(14)20/h3-4,9H,2,5-8H2,1H3,(H2,14,20). The molecule has 0 atom stereocenters. The summed E-state index contributed by atoms with van der Waals surface area (Å²) in [6, 6.07) is 1.81. The lowest BCUT2D eigenvalue weighted by molar-refractivity contribution is 0.105. The first kappa shape index (κ1) is 14.5. The van der Waals surface area contributed by atoms with Gasteiger partial charge in [-0.25, -0.2) is 4.79 Å². The van der Waals surface area contributed by atoms with Crippen LogP contribution in [0.15, 0.2) is 18.5 Å². The molecule has 0 aliphatic carbocycles. The van der Waals surface area contributed by atoms with E-state index in [9.17, 15) is 4.79 Å². The number of carbonyl (C=O) groups is 1.